The summed E-state index contributed by atoms with van der Waals surface area (Å²) in [5, 5.41) is 12.2. The first-order valence-electron chi connectivity index (χ1n) is 5.94. The Hall–Kier alpha value is -2.87. The Morgan fingerprint density at radius 1 is 1.30 bits per heavy atom. The number of carbonyl (C=O) groups is 2. The van der Waals surface area contributed by atoms with Crippen LogP contribution in [-0.4, -0.2) is 28.0 Å². The van der Waals surface area contributed by atoms with Gasteiger partial charge in [-0.1, -0.05) is 24.3 Å². The van der Waals surface area contributed by atoms with E-state index in [1.165, 1.54) is 0 Å². The van der Waals surface area contributed by atoms with Crippen molar-refractivity contribution in [2.45, 2.75) is 12.5 Å². The van der Waals surface area contributed by atoms with Gasteiger partial charge < -0.3 is 10.4 Å². The predicted molar refractivity (Wildman–Crippen MR) is 74.1 cm³/mol. The number of para-hydroxylation sites is 1. The van der Waals surface area contributed by atoms with Gasteiger partial charge >= 0.3 is 5.97 Å². The monoisotopic (exact) mass is 268 g/mol. The summed E-state index contributed by atoms with van der Waals surface area (Å²) in [6.45, 7) is 0. The number of aliphatic carboxylic acids is 1. The van der Waals surface area contributed by atoms with Crippen LogP contribution in [0, 0.1) is 12.3 Å². The lowest BCUT2D eigenvalue weighted by atomic mass is 10.2. The fourth-order valence-electron chi connectivity index (χ4n) is 1.74. The number of nitrogens with one attached hydrogen (secondary N) is 1. The molecule has 0 spiro atoms. The van der Waals surface area contributed by atoms with Crippen LogP contribution in [0.25, 0.3) is 10.9 Å². The number of terminal acetylenes is 1. The molecule has 0 fully saturated rings. The second kappa shape index (κ2) is 5.85. The summed E-state index contributed by atoms with van der Waals surface area (Å²) in [5.74, 6) is 0.493. The SMILES string of the molecule is C#CCC(NC(=O)c1ccc2ccccc2n1)C(=O)O. The van der Waals surface area contributed by atoms with E-state index < -0.39 is 17.9 Å². The Morgan fingerprint density at radius 2 is 2.05 bits per heavy atom. The lowest BCUT2D eigenvalue weighted by Crippen LogP contribution is -2.40. The number of nitrogens with zero attached hydrogens (tertiary/aromatic N) is 1. The maximum atomic E-state index is 12.0. The van der Waals surface area contributed by atoms with Crippen LogP contribution in [0.15, 0.2) is 36.4 Å². The Kier molecular flexibility index (Phi) is 3.96. The number of carboxylic acid groups (broad SMARTS) is 1. The van der Waals surface area contributed by atoms with Crippen molar-refractivity contribution < 1.29 is 14.7 Å². The normalized spacial score (nSPS) is 11.6. The lowest BCUT2D eigenvalue weighted by molar-refractivity contribution is -0.139. The lowest BCUT2D eigenvalue weighted by Gasteiger charge is -2.11. The van der Waals surface area contributed by atoms with Crippen LogP contribution in [-0.2, 0) is 4.79 Å². The highest BCUT2D eigenvalue weighted by molar-refractivity contribution is 5.97. The smallest absolute Gasteiger partial charge is 0.327 e. The molecule has 20 heavy (non-hydrogen) atoms. The third-order valence-electron chi connectivity index (χ3n) is 2.76. The summed E-state index contributed by atoms with van der Waals surface area (Å²) in [5.41, 5.74) is 0.830. The molecule has 0 radical (unpaired) electrons. The molecule has 1 atom stereocenters. The molecule has 1 aromatic carbocycles. The molecule has 1 heterocycles. The van der Waals surface area contributed by atoms with Crippen molar-refractivity contribution in [2.75, 3.05) is 0 Å². The van der Waals surface area contributed by atoms with E-state index in [2.05, 4.69) is 16.2 Å². The minimum atomic E-state index is -1.17. The first kappa shape index (κ1) is 13.6. The molecule has 5 nitrogen and oxygen atoms in total. The first-order chi connectivity index (χ1) is 9.61. The minimum Gasteiger partial charge on any atom is -0.480 e. The van der Waals surface area contributed by atoms with Gasteiger partial charge in [-0.25, -0.2) is 9.78 Å². The molecule has 2 aromatic rings. The zero-order chi connectivity index (χ0) is 14.5. The van der Waals surface area contributed by atoms with Crippen LogP contribution in [0.1, 0.15) is 16.9 Å². The van der Waals surface area contributed by atoms with Crippen LogP contribution in [0.4, 0.5) is 0 Å². The highest BCUT2D eigenvalue weighted by atomic mass is 16.4. The van der Waals surface area contributed by atoms with Gasteiger partial charge in [0.1, 0.15) is 11.7 Å². The van der Waals surface area contributed by atoms with Gasteiger partial charge in [0.25, 0.3) is 5.91 Å². The number of benzene rings is 1. The van der Waals surface area contributed by atoms with E-state index in [0.29, 0.717) is 5.52 Å². The highest BCUT2D eigenvalue weighted by Gasteiger charge is 2.20. The number of aromatic nitrogens is 1. The second-order valence-corrected chi connectivity index (χ2v) is 4.16. The molecule has 0 aliphatic heterocycles. The quantitative estimate of drug-likeness (QED) is 0.822. The fourth-order valence-corrected chi connectivity index (χ4v) is 1.74. The van der Waals surface area contributed by atoms with E-state index >= 15 is 0 Å². The van der Waals surface area contributed by atoms with E-state index in [1.54, 1.807) is 18.2 Å². The first-order valence-corrected chi connectivity index (χ1v) is 5.94. The summed E-state index contributed by atoms with van der Waals surface area (Å²) in [4.78, 5) is 27.1. The standard InChI is InChI=1S/C15H12N2O3/c1-2-5-13(15(19)20)17-14(18)12-9-8-10-6-3-4-7-11(10)16-12/h1,3-4,6-9,13H,5H2,(H,17,18)(H,19,20). The van der Waals surface area contributed by atoms with E-state index in [1.807, 2.05) is 18.2 Å². The molecular formula is C15H12N2O3. The van der Waals surface area contributed by atoms with Gasteiger partial charge in [0.05, 0.1) is 5.52 Å². The Bertz CT molecular complexity index is 704. The van der Waals surface area contributed by atoms with Crippen molar-refractivity contribution in [3.63, 3.8) is 0 Å². The van der Waals surface area contributed by atoms with Gasteiger partial charge in [0.15, 0.2) is 0 Å². The van der Waals surface area contributed by atoms with Crippen molar-refractivity contribution in [1.29, 1.82) is 0 Å². The topological polar surface area (TPSA) is 79.3 Å². The van der Waals surface area contributed by atoms with Crippen molar-refractivity contribution in [2.24, 2.45) is 0 Å². The van der Waals surface area contributed by atoms with Gasteiger partial charge in [-0.05, 0) is 12.1 Å². The maximum Gasteiger partial charge on any atom is 0.327 e. The van der Waals surface area contributed by atoms with Crippen LogP contribution >= 0.6 is 0 Å². The van der Waals surface area contributed by atoms with Crippen molar-refractivity contribution >= 4 is 22.8 Å². The summed E-state index contributed by atoms with van der Waals surface area (Å²) in [6, 6.07) is 9.54. The molecule has 0 aliphatic carbocycles. The number of hydrogen-bond acceptors (Lipinski definition) is 3. The van der Waals surface area contributed by atoms with Crippen LogP contribution < -0.4 is 5.32 Å². The maximum absolute atomic E-state index is 12.0. The van der Waals surface area contributed by atoms with Crippen LogP contribution in [0.2, 0.25) is 0 Å². The number of pyridine rings is 1. The number of hydrogen-bond donors (Lipinski definition) is 2. The Balaban J connectivity index is 2.22. The van der Waals surface area contributed by atoms with Crippen LogP contribution in [0.3, 0.4) is 0 Å². The van der Waals surface area contributed by atoms with E-state index in [4.69, 9.17) is 11.5 Å². The number of carboxylic acids is 1. The largest absolute Gasteiger partial charge is 0.480 e. The highest BCUT2D eigenvalue weighted by Crippen LogP contribution is 2.11. The molecule has 2 N–H and O–H groups in total. The summed E-state index contributed by atoms with van der Waals surface area (Å²) >= 11 is 0. The predicted octanol–water partition coefficient (Wildman–Crippen LogP) is 1.44. The Labute approximate surface area is 115 Å². The number of amides is 1. The third-order valence-corrected chi connectivity index (χ3v) is 2.76. The third kappa shape index (κ3) is 2.93. The molecular weight excluding hydrogens is 256 g/mol. The van der Waals surface area contributed by atoms with Gasteiger partial charge in [0, 0.05) is 11.8 Å². The van der Waals surface area contributed by atoms with Gasteiger partial charge in [0.2, 0.25) is 0 Å². The summed E-state index contributed by atoms with van der Waals surface area (Å²) < 4.78 is 0. The molecule has 100 valence electrons. The molecule has 1 aromatic heterocycles. The zero-order valence-corrected chi connectivity index (χ0v) is 10.5. The molecule has 1 unspecified atom stereocenters. The van der Waals surface area contributed by atoms with E-state index in [9.17, 15) is 9.59 Å². The fraction of sp³-hybridized carbons (Fsp3) is 0.133. The van der Waals surface area contributed by atoms with E-state index in [0.717, 1.165) is 5.39 Å². The molecule has 0 aliphatic rings. The minimum absolute atomic E-state index is 0.0747. The molecule has 0 bridgehead atoms. The zero-order valence-electron chi connectivity index (χ0n) is 10.5. The molecule has 0 saturated heterocycles. The second-order valence-electron chi connectivity index (χ2n) is 4.16. The van der Waals surface area contributed by atoms with Crippen LogP contribution in [0.5, 0.6) is 0 Å². The Morgan fingerprint density at radius 3 is 2.75 bits per heavy atom. The average molecular weight is 268 g/mol. The van der Waals surface area contributed by atoms with Crippen molar-refractivity contribution in [3.05, 3.63) is 42.1 Å². The van der Waals surface area contributed by atoms with Gasteiger partial charge in [-0.2, -0.15) is 0 Å². The molecule has 5 heteroatoms. The van der Waals surface area contributed by atoms with Gasteiger partial charge in [-0.3, -0.25) is 4.79 Å². The molecule has 0 saturated carbocycles. The average Bonchev–Trinajstić information content (AvgIpc) is 2.46. The molecule has 2 rings (SSSR count). The number of carbonyl (C=O) groups excluding carboxylic acids is 1. The molecule has 1 amide bonds. The van der Waals surface area contributed by atoms with Crippen molar-refractivity contribution in [3.8, 4) is 12.3 Å². The number of fused-ring (bicyclic) bond motifs is 1. The number of rotatable bonds is 4. The summed E-state index contributed by atoms with van der Waals surface area (Å²) in [6.07, 6.45) is 5.00. The van der Waals surface area contributed by atoms with E-state index in [-0.39, 0.29) is 12.1 Å². The summed E-state index contributed by atoms with van der Waals surface area (Å²) in [7, 11) is 0. The van der Waals surface area contributed by atoms with Crippen molar-refractivity contribution in [1.82, 2.24) is 10.3 Å². The van der Waals surface area contributed by atoms with Gasteiger partial charge in [-0.15, -0.1) is 12.3 Å².